The highest BCUT2D eigenvalue weighted by Crippen LogP contribution is 2.13. The maximum atomic E-state index is 11.2. The molecule has 0 aliphatic rings. The Labute approximate surface area is 101 Å². The maximum absolute atomic E-state index is 11.2. The number of benzene rings is 1. The minimum Gasteiger partial charge on any atom is -0.379 e. The molecule has 0 bridgehead atoms. The Morgan fingerprint density at radius 1 is 1.38 bits per heavy atom. The zero-order valence-corrected chi connectivity index (χ0v) is 10.5. The highest BCUT2D eigenvalue weighted by Gasteiger charge is 1.98. The van der Waals surface area contributed by atoms with Crippen molar-refractivity contribution in [3.05, 3.63) is 40.8 Å². The summed E-state index contributed by atoms with van der Waals surface area (Å²) in [6.45, 7) is 0.720. The van der Waals surface area contributed by atoms with Gasteiger partial charge >= 0.3 is 0 Å². The van der Waals surface area contributed by atoms with Crippen LogP contribution < -0.4 is 5.32 Å². The van der Waals surface area contributed by atoms with Crippen molar-refractivity contribution in [2.24, 2.45) is 0 Å². The lowest BCUT2D eigenvalue weighted by molar-refractivity contribution is 0.687. The summed E-state index contributed by atoms with van der Waals surface area (Å²) in [7, 11) is -0.909. The Morgan fingerprint density at radius 3 is 2.69 bits per heavy atom. The Bertz CT molecular complexity index is 465. The molecule has 16 heavy (non-hydrogen) atoms. The number of hydrogen-bond donors (Lipinski definition) is 1. The van der Waals surface area contributed by atoms with E-state index in [1.165, 1.54) is 0 Å². The van der Waals surface area contributed by atoms with E-state index in [0.29, 0.717) is 0 Å². The number of hydrogen-bond acceptors (Lipinski definition) is 4. The molecule has 84 valence electrons. The zero-order chi connectivity index (χ0) is 11.4. The van der Waals surface area contributed by atoms with Gasteiger partial charge in [0, 0.05) is 33.0 Å². The zero-order valence-electron chi connectivity index (χ0n) is 8.84. The largest absolute Gasteiger partial charge is 0.379 e. The van der Waals surface area contributed by atoms with Crippen LogP contribution in [0.2, 0.25) is 0 Å². The summed E-state index contributed by atoms with van der Waals surface area (Å²) in [6, 6.07) is 7.62. The average Bonchev–Trinajstić information content (AvgIpc) is 2.80. The van der Waals surface area contributed by atoms with Crippen molar-refractivity contribution in [2.75, 3.05) is 11.6 Å². The normalized spacial score (nSPS) is 12.3. The van der Waals surface area contributed by atoms with Crippen LogP contribution in [0.25, 0.3) is 0 Å². The Balaban J connectivity index is 1.98. The van der Waals surface area contributed by atoms with Crippen LogP contribution in [0.4, 0.5) is 5.69 Å². The summed E-state index contributed by atoms with van der Waals surface area (Å²) in [4.78, 5) is 5.03. The molecule has 0 saturated heterocycles. The van der Waals surface area contributed by atoms with E-state index in [-0.39, 0.29) is 0 Å². The Hall–Kier alpha value is -1.20. The minimum atomic E-state index is -0.909. The van der Waals surface area contributed by atoms with Crippen molar-refractivity contribution >= 4 is 27.8 Å². The highest BCUT2D eigenvalue weighted by molar-refractivity contribution is 7.84. The molecule has 5 heteroatoms. The van der Waals surface area contributed by atoms with Gasteiger partial charge in [0.05, 0.1) is 17.7 Å². The second-order valence-corrected chi connectivity index (χ2v) is 5.41. The number of aromatic nitrogens is 1. The van der Waals surface area contributed by atoms with Gasteiger partial charge in [-0.15, -0.1) is 11.3 Å². The molecule has 0 aliphatic carbocycles. The molecule has 0 fully saturated rings. The number of nitrogens with one attached hydrogen (secondary N) is 1. The summed E-state index contributed by atoms with van der Waals surface area (Å²) in [5.74, 6) is 0. The van der Waals surface area contributed by atoms with Crippen LogP contribution in [0.5, 0.6) is 0 Å². The van der Waals surface area contributed by atoms with Gasteiger partial charge in [-0.2, -0.15) is 0 Å². The van der Waals surface area contributed by atoms with Gasteiger partial charge in [-0.05, 0) is 24.3 Å². The third-order valence-electron chi connectivity index (χ3n) is 2.14. The van der Waals surface area contributed by atoms with Gasteiger partial charge in [0.1, 0.15) is 0 Å². The van der Waals surface area contributed by atoms with Gasteiger partial charge in [-0.3, -0.25) is 4.21 Å². The topological polar surface area (TPSA) is 42.0 Å². The fourth-order valence-electron chi connectivity index (χ4n) is 1.28. The molecule has 0 radical (unpaired) electrons. The van der Waals surface area contributed by atoms with E-state index >= 15 is 0 Å². The van der Waals surface area contributed by atoms with Gasteiger partial charge in [0.15, 0.2) is 0 Å². The fraction of sp³-hybridized carbons (Fsp3) is 0.182. The van der Waals surface area contributed by atoms with Crippen LogP contribution in [0, 0.1) is 0 Å². The maximum Gasteiger partial charge on any atom is 0.0795 e. The van der Waals surface area contributed by atoms with Gasteiger partial charge in [0.25, 0.3) is 0 Å². The van der Waals surface area contributed by atoms with Crippen LogP contribution in [0.3, 0.4) is 0 Å². The first-order valence-electron chi connectivity index (χ1n) is 4.80. The van der Waals surface area contributed by atoms with Crippen molar-refractivity contribution in [3.8, 4) is 0 Å². The van der Waals surface area contributed by atoms with Crippen molar-refractivity contribution in [3.63, 3.8) is 0 Å². The van der Waals surface area contributed by atoms with Gasteiger partial charge in [0.2, 0.25) is 0 Å². The van der Waals surface area contributed by atoms with E-state index in [1.54, 1.807) is 17.6 Å². The monoisotopic (exact) mass is 252 g/mol. The van der Waals surface area contributed by atoms with E-state index in [1.807, 2.05) is 35.2 Å². The number of anilines is 1. The van der Waals surface area contributed by atoms with E-state index in [4.69, 9.17) is 0 Å². The van der Waals surface area contributed by atoms with Crippen LogP contribution in [-0.2, 0) is 17.3 Å². The second kappa shape index (κ2) is 5.23. The van der Waals surface area contributed by atoms with E-state index in [2.05, 4.69) is 10.3 Å². The second-order valence-electron chi connectivity index (χ2n) is 3.31. The predicted molar refractivity (Wildman–Crippen MR) is 68.2 cm³/mol. The van der Waals surface area contributed by atoms with Crippen LogP contribution >= 0.6 is 11.3 Å². The lowest BCUT2D eigenvalue weighted by Crippen LogP contribution is -1.99. The standard InChI is InChI=1S/C11H12N2OS2/c1-16(14)11-4-2-9(3-5-11)12-6-10-7-15-8-13-10/h2-5,7-8,12H,6H2,1H3. The van der Waals surface area contributed by atoms with Gasteiger partial charge in [-0.1, -0.05) is 0 Å². The lowest BCUT2D eigenvalue weighted by atomic mass is 10.3. The molecule has 2 aromatic rings. The molecule has 1 N–H and O–H groups in total. The van der Waals surface area contributed by atoms with Crippen molar-refractivity contribution < 1.29 is 4.21 Å². The fourth-order valence-corrected chi connectivity index (χ4v) is 2.36. The molecule has 3 nitrogen and oxygen atoms in total. The minimum absolute atomic E-state index is 0.720. The smallest absolute Gasteiger partial charge is 0.0795 e. The molecule has 1 heterocycles. The first kappa shape index (κ1) is 11.3. The Morgan fingerprint density at radius 2 is 2.12 bits per heavy atom. The van der Waals surface area contributed by atoms with Crippen LogP contribution in [-0.4, -0.2) is 15.4 Å². The summed E-state index contributed by atoms with van der Waals surface area (Å²) in [5, 5.41) is 5.27. The van der Waals surface area contributed by atoms with E-state index < -0.39 is 10.8 Å². The highest BCUT2D eigenvalue weighted by atomic mass is 32.2. The number of nitrogens with zero attached hydrogens (tertiary/aromatic N) is 1. The molecule has 0 saturated carbocycles. The van der Waals surface area contributed by atoms with Crippen LogP contribution in [0.1, 0.15) is 5.69 Å². The summed E-state index contributed by atoms with van der Waals surface area (Å²) in [5.41, 5.74) is 3.87. The SMILES string of the molecule is CS(=O)c1ccc(NCc2cscn2)cc1. The summed E-state index contributed by atoms with van der Waals surface area (Å²) in [6.07, 6.45) is 1.68. The summed E-state index contributed by atoms with van der Waals surface area (Å²) >= 11 is 1.59. The lowest BCUT2D eigenvalue weighted by Gasteiger charge is -2.04. The predicted octanol–water partition coefficient (Wildman–Crippen LogP) is 2.49. The van der Waals surface area contributed by atoms with Crippen molar-refractivity contribution in [1.29, 1.82) is 0 Å². The molecule has 1 aromatic carbocycles. The number of rotatable bonds is 4. The van der Waals surface area contributed by atoms with Gasteiger partial charge in [-0.25, -0.2) is 4.98 Å². The summed E-state index contributed by atoms with van der Waals surface area (Å²) < 4.78 is 11.2. The third kappa shape index (κ3) is 2.90. The Kier molecular flexibility index (Phi) is 3.69. The molecule has 0 aliphatic heterocycles. The van der Waals surface area contributed by atoms with Crippen molar-refractivity contribution in [1.82, 2.24) is 4.98 Å². The first-order chi connectivity index (χ1) is 7.75. The molecule has 1 aromatic heterocycles. The van der Waals surface area contributed by atoms with Gasteiger partial charge < -0.3 is 5.32 Å². The third-order valence-corrected chi connectivity index (χ3v) is 3.71. The molecule has 2 rings (SSSR count). The molecule has 0 amide bonds. The molecular weight excluding hydrogens is 240 g/mol. The van der Waals surface area contributed by atoms with E-state index in [9.17, 15) is 4.21 Å². The number of thiazole rings is 1. The average molecular weight is 252 g/mol. The molecule has 1 unspecified atom stereocenters. The van der Waals surface area contributed by atoms with Crippen molar-refractivity contribution in [2.45, 2.75) is 11.4 Å². The molecule has 0 spiro atoms. The van der Waals surface area contributed by atoms with Crippen LogP contribution in [0.15, 0.2) is 40.1 Å². The van der Waals surface area contributed by atoms with E-state index in [0.717, 1.165) is 22.8 Å². The quantitative estimate of drug-likeness (QED) is 0.909. The molecule has 1 atom stereocenters. The molecular formula is C11H12N2OS2. The first-order valence-corrected chi connectivity index (χ1v) is 7.30.